The van der Waals surface area contributed by atoms with Crippen LogP contribution in [0.25, 0.3) is 5.65 Å². The lowest BCUT2D eigenvalue weighted by Crippen LogP contribution is -2.16. The lowest BCUT2D eigenvalue weighted by molar-refractivity contribution is 0.684. The zero-order valence-electron chi connectivity index (χ0n) is 10.3. The molecule has 98 valence electrons. The largest absolute Gasteiger partial charge is 0.369 e. The van der Waals surface area contributed by atoms with E-state index in [0.29, 0.717) is 35.3 Å². The predicted octanol–water partition coefficient (Wildman–Crippen LogP) is -0.0935. The number of anilines is 1. The first-order valence-electron chi connectivity index (χ1n) is 5.65. The Morgan fingerprint density at radius 2 is 2.33 bits per heavy atom. The van der Waals surface area contributed by atoms with Gasteiger partial charge in [0, 0.05) is 34.9 Å². The Balaban J connectivity index is 2.15. The van der Waals surface area contributed by atoms with Crippen LogP contribution < -0.4 is 11.0 Å². The molecule has 8 heteroatoms. The standard InChI is InChI=1S/C10H15N5O2S/c1-3-18(17)5-4-11-8-6-9-13-14-10(16)15(9)7(2)12-8/h6,11H,3-5H2,1-2H3,(H,14,16). The fourth-order valence-corrected chi connectivity index (χ4v) is 2.24. The quantitative estimate of drug-likeness (QED) is 0.791. The Hall–Kier alpha value is -1.70. The van der Waals surface area contributed by atoms with Gasteiger partial charge in [0.1, 0.15) is 11.6 Å². The van der Waals surface area contributed by atoms with E-state index in [1.54, 1.807) is 13.0 Å². The molecule has 0 aliphatic rings. The maximum atomic E-state index is 11.4. The molecule has 1 atom stereocenters. The molecule has 0 saturated heterocycles. The van der Waals surface area contributed by atoms with Crippen LogP contribution in [-0.4, -0.2) is 41.8 Å². The molecule has 0 bridgehead atoms. The van der Waals surface area contributed by atoms with Crippen LogP contribution in [0.4, 0.5) is 5.82 Å². The number of rotatable bonds is 5. The molecule has 0 saturated carbocycles. The second kappa shape index (κ2) is 5.30. The summed E-state index contributed by atoms with van der Waals surface area (Å²) in [5, 5.41) is 9.33. The molecule has 0 fully saturated rings. The Morgan fingerprint density at radius 3 is 3.06 bits per heavy atom. The minimum absolute atomic E-state index is 0.298. The third-order valence-electron chi connectivity index (χ3n) is 2.53. The first-order valence-corrected chi connectivity index (χ1v) is 7.14. The highest BCUT2D eigenvalue weighted by atomic mass is 32.2. The summed E-state index contributed by atoms with van der Waals surface area (Å²) in [6, 6.07) is 1.68. The van der Waals surface area contributed by atoms with Crippen molar-refractivity contribution in [3.63, 3.8) is 0 Å². The summed E-state index contributed by atoms with van der Waals surface area (Å²) in [6.07, 6.45) is 0. The van der Waals surface area contributed by atoms with E-state index in [0.717, 1.165) is 0 Å². The predicted molar refractivity (Wildman–Crippen MR) is 70.4 cm³/mol. The van der Waals surface area contributed by atoms with Crippen LogP contribution in [0.15, 0.2) is 10.9 Å². The molecule has 2 rings (SSSR count). The van der Waals surface area contributed by atoms with Crippen LogP contribution in [0.3, 0.4) is 0 Å². The van der Waals surface area contributed by atoms with Crippen LogP contribution in [0.1, 0.15) is 12.7 Å². The van der Waals surface area contributed by atoms with E-state index in [1.807, 2.05) is 6.92 Å². The van der Waals surface area contributed by atoms with E-state index in [9.17, 15) is 9.00 Å². The molecular formula is C10H15N5O2S. The van der Waals surface area contributed by atoms with Crippen molar-refractivity contribution in [1.29, 1.82) is 0 Å². The number of aromatic amines is 1. The molecule has 0 radical (unpaired) electrons. The maximum absolute atomic E-state index is 11.4. The number of aromatic nitrogens is 4. The molecular weight excluding hydrogens is 254 g/mol. The minimum Gasteiger partial charge on any atom is -0.369 e. The number of nitrogens with zero attached hydrogens (tertiary/aromatic N) is 3. The van der Waals surface area contributed by atoms with Gasteiger partial charge in [0.2, 0.25) is 0 Å². The molecule has 0 amide bonds. The van der Waals surface area contributed by atoms with Crippen LogP contribution in [-0.2, 0) is 10.8 Å². The molecule has 2 heterocycles. The van der Waals surface area contributed by atoms with E-state index in [1.165, 1.54) is 4.40 Å². The van der Waals surface area contributed by atoms with Crippen LogP contribution in [0, 0.1) is 6.92 Å². The molecule has 2 aromatic rings. The Labute approximate surface area is 106 Å². The van der Waals surface area contributed by atoms with Crippen molar-refractivity contribution >= 4 is 22.3 Å². The molecule has 7 nitrogen and oxygen atoms in total. The van der Waals surface area contributed by atoms with E-state index in [2.05, 4.69) is 20.5 Å². The number of aryl methyl sites for hydroxylation is 1. The molecule has 0 spiro atoms. The van der Waals surface area contributed by atoms with Crippen molar-refractivity contribution < 1.29 is 4.21 Å². The summed E-state index contributed by atoms with van der Waals surface area (Å²) in [7, 11) is -0.796. The Morgan fingerprint density at radius 1 is 1.56 bits per heavy atom. The van der Waals surface area contributed by atoms with Gasteiger partial charge in [0.15, 0.2) is 5.65 Å². The lowest BCUT2D eigenvalue weighted by atomic mass is 10.5. The van der Waals surface area contributed by atoms with Gasteiger partial charge in [-0.25, -0.2) is 19.3 Å². The first kappa shape index (κ1) is 12.7. The zero-order valence-corrected chi connectivity index (χ0v) is 11.1. The van der Waals surface area contributed by atoms with Crippen LogP contribution >= 0.6 is 0 Å². The fourth-order valence-electron chi connectivity index (χ4n) is 1.63. The first-order chi connectivity index (χ1) is 8.61. The van der Waals surface area contributed by atoms with Crippen LogP contribution in [0.2, 0.25) is 0 Å². The molecule has 2 N–H and O–H groups in total. The summed E-state index contributed by atoms with van der Waals surface area (Å²) < 4.78 is 12.7. The Bertz CT molecular complexity index is 633. The zero-order chi connectivity index (χ0) is 13.1. The lowest BCUT2D eigenvalue weighted by Gasteiger charge is -2.06. The average molecular weight is 269 g/mol. The number of nitrogens with one attached hydrogen (secondary N) is 2. The Kier molecular flexibility index (Phi) is 3.75. The van der Waals surface area contributed by atoms with E-state index in [4.69, 9.17) is 0 Å². The average Bonchev–Trinajstić information content (AvgIpc) is 2.71. The van der Waals surface area contributed by atoms with Gasteiger partial charge in [-0.2, -0.15) is 5.10 Å². The smallest absolute Gasteiger partial charge is 0.349 e. The highest BCUT2D eigenvalue weighted by molar-refractivity contribution is 7.84. The van der Waals surface area contributed by atoms with E-state index < -0.39 is 10.8 Å². The number of fused-ring (bicyclic) bond motifs is 1. The molecule has 18 heavy (non-hydrogen) atoms. The number of hydrogen-bond acceptors (Lipinski definition) is 5. The number of H-pyrrole nitrogens is 1. The van der Waals surface area contributed by atoms with Crippen molar-refractivity contribution in [2.75, 3.05) is 23.4 Å². The maximum Gasteiger partial charge on any atom is 0.349 e. The third-order valence-corrected chi connectivity index (χ3v) is 3.83. The van der Waals surface area contributed by atoms with Crippen molar-refractivity contribution in [3.8, 4) is 0 Å². The van der Waals surface area contributed by atoms with Gasteiger partial charge in [-0.3, -0.25) is 4.21 Å². The van der Waals surface area contributed by atoms with E-state index >= 15 is 0 Å². The monoisotopic (exact) mass is 269 g/mol. The van der Waals surface area contributed by atoms with Gasteiger partial charge in [0.05, 0.1) is 0 Å². The van der Waals surface area contributed by atoms with Gasteiger partial charge in [-0.15, -0.1) is 0 Å². The normalized spacial score (nSPS) is 12.8. The van der Waals surface area contributed by atoms with Crippen LogP contribution in [0.5, 0.6) is 0 Å². The second-order valence-electron chi connectivity index (χ2n) is 3.77. The SMILES string of the molecule is CCS(=O)CCNc1cc2n[nH]c(=O)n2c(C)n1. The minimum atomic E-state index is -0.796. The fraction of sp³-hybridized carbons (Fsp3) is 0.500. The summed E-state index contributed by atoms with van der Waals surface area (Å²) in [5.41, 5.74) is 0.222. The van der Waals surface area contributed by atoms with E-state index in [-0.39, 0.29) is 5.69 Å². The van der Waals surface area contributed by atoms with Crippen molar-refractivity contribution in [2.45, 2.75) is 13.8 Å². The van der Waals surface area contributed by atoms with Gasteiger partial charge in [-0.05, 0) is 6.92 Å². The van der Waals surface area contributed by atoms with Gasteiger partial charge >= 0.3 is 5.69 Å². The topological polar surface area (TPSA) is 92.1 Å². The summed E-state index contributed by atoms with van der Waals surface area (Å²) >= 11 is 0. The van der Waals surface area contributed by atoms with Gasteiger partial charge in [0.25, 0.3) is 0 Å². The molecule has 0 aliphatic heterocycles. The van der Waals surface area contributed by atoms with Gasteiger partial charge < -0.3 is 5.32 Å². The second-order valence-corrected chi connectivity index (χ2v) is 5.64. The van der Waals surface area contributed by atoms with Gasteiger partial charge in [-0.1, -0.05) is 6.92 Å². The van der Waals surface area contributed by atoms with Crippen molar-refractivity contribution in [1.82, 2.24) is 19.6 Å². The van der Waals surface area contributed by atoms with Crippen molar-refractivity contribution in [3.05, 3.63) is 22.4 Å². The third kappa shape index (κ3) is 2.58. The molecule has 2 aromatic heterocycles. The molecule has 1 unspecified atom stereocenters. The van der Waals surface area contributed by atoms with Crippen molar-refractivity contribution in [2.24, 2.45) is 0 Å². The summed E-state index contributed by atoms with van der Waals surface area (Å²) in [5.74, 6) is 2.43. The highest BCUT2D eigenvalue weighted by Crippen LogP contribution is 2.07. The molecule has 0 aromatic carbocycles. The highest BCUT2D eigenvalue weighted by Gasteiger charge is 2.06. The summed E-state index contributed by atoms with van der Waals surface area (Å²) in [4.78, 5) is 15.6. The summed E-state index contributed by atoms with van der Waals surface area (Å²) in [6.45, 7) is 4.21. The molecule has 0 aliphatic carbocycles. The number of hydrogen-bond donors (Lipinski definition) is 2.